The van der Waals surface area contributed by atoms with Gasteiger partial charge in [0.1, 0.15) is 17.5 Å². The van der Waals surface area contributed by atoms with Crippen molar-refractivity contribution in [3.8, 4) is 0 Å². The lowest BCUT2D eigenvalue weighted by Crippen LogP contribution is -2.50. The second-order valence-corrected chi connectivity index (χ2v) is 8.51. The highest BCUT2D eigenvalue weighted by Gasteiger charge is 2.26. The quantitative estimate of drug-likeness (QED) is 0.708. The van der Waals surface area contributed by atoms with Crippen LogP contribution in [-0.2, 0) is 11.2 Å². The van der Waals surface area contributed by atoms with Crippen LogP contribution in [0.5, 0.6) is 0 Å². The summed E-state index contributed by atoms with van der Waals surface area (Å²) in [5.74, 6) is 1.97. The molecular formula is C24H33FN4O. The first-order chi connectivity index (χ1) is 14.3. The number of anilines is 1. The van der Waals surface area contributed by atoms with Crippen molar-refractivity contribution >= 4 is 11.7 Å². The molecule has 2 heterocycles. The first-order valence-corrected chi connectivity index (χ1v) is 11.0. The third kappa shape index (κ3) is 4.79. The van der Waals surface area contributed by atoms with Crippen molar-refractivity contribution in [2.45, 2.75) is 53.4 Å². The van der Waals surface area contributed by atoms with E-state index in [1.54, 1.807) is 6.07 Å². The van der Waals surface area contributed by atoms with E-state index in [1.807, 2.05) is 37.8 Å². The standard InChI is InChI=1S/C24H33FN4O/c1-6-17(4)22-26-18(5)20(15-19-9-7-8-10-21(19)25)23(27-22)28-11-13-29(14-12-28)24(30)16(2)3/h7-10,16-17H,6,11-15H2,1-5H3/t17-/m1/s1. The molecule has 0 saturated carbocycles. The van der Waals surface area contributed by atoms with Gasteiger partial charge in [0.25, 0.3) is 0 Å². The predicted molar refractivity (Wildman–Crippen MR) is 118 cm³/mol. The highest BCUT2D eigenvalue weighted by molar-refractivity contribution is 5.78. The van der Waals surface area contributed by atoms with Crippen LogP contribution in [0.3, 0.4) is 0 Å². The molecule has 5 nitrogen and oxygen atoms in total. The summed E-state index contributed by atoms with van der Waals surface area (Å²) in [5, 5.41) is 0. The number of hydrogen-bond donors (Lipinski definition) is 0. The van der Waals surface area contributed by atoms with E-state index in [1.165, 1.54) is 6.07 Å². The Morgan fingerprint density at radius 3 is 2.37 bits per heavy atom. The SMILES string of the molecule is CC[C@@H](C)c1nc(C)c(Cc2ccccc2F)c(N2CCN(C(=O)C(C)C)CC2)n1. The Bertz CT molecular complexity index is 891. The molecule has 1 aromatic carbocycles. The largest absolute Gasteiger partial charge is 0.353 e. The van der Waals surface area contributed by atoms with Gasteiger partial charge in [0.05, 0.1) is 0 Å². The molecule has 1 fully saturated rings. The third-order valence-electron chi connectivity index (χ3n) is 5.97. The number of aromatic nitrogens is 2. The van der Waals surface area contributed by atoms with Crippen molar-refractivity contribution in [2.24, 2.45) is 5.92 Å². The van der Waals surface area contributed by atoms with Crippen LogP contribution in [0, 0.1) is 18.7 Å². The van der Waals surface area contributed by atoms with Gasteiger partial charge in [-0.2, -0.15) is 0 Å². The summed E-state index contributed by atoms with van der Waals surface area (Å²) < 4.78 is 14.4. The number of hydrogen-bond acceptors (Lipinski definition) is 4. The van der Waals surface area contributed by atoms with Gasteiger partial charge < -0.3 is 9.80 Å². The Hall–Kier alpha value is -2.50. The Labute approximate surface area is 179 Å². The molecule has 162 valence electrons. The van der Waals surface area contributed by atoms with E-state index in [0.717, 1.165) is 42.4 Å². The topological polar surface area (TPSA) is 49.3 Å². The van der Waals surface area contributed by atoms with Crippen LogP contribution >= 0.6 is 0 Å². The number of benzene rings is 1. The average molecular weight is 413 g/mol. The fraction of sp³-hybridized carbons (Fsp3) is 0.542. The molecule has 6 heteroatoms. The van der Waals surface area contributed by atoms with Crippen molar-refractivity contribution in [2.75, 3.05) is 31.1 Å². The van der Waals surface area contributed by atoms with Crippen LogP contribution in [0.15, 0.2) is 24.3 Å². The third-order valence-corrected chi connectivity index (χ3v) is 5.97. The van der Waals surface area contributed by atoms with Gasteiger partial charge in [0, 0.05) is 55.7 Å². The van der Waals surface area contributed by atoms with Crippen LogP contribution in [0.4, 0.5) is 10.2 Å². The zero-order chi connectivity index (χ0) is 21.8. The maximum absolute atomic E-state index is 14.4. The van der Waals surface area contributed by atoms with Gasteiger partial charge in [-0.25, -0.2) is 14.4 Å². The molecule has 1 amide bonds. The van der Waals surface area contributed by atoms with E-state index in [2.05, 4.69) is 18.7 Å². The van der Waals surface area contributed by atoms with E-state index in [4.69, 9.17) is 9.97 Å². The van der Waals surface area contributed by atoms with Crippen LogP contribution in [0.2, 0.25) is 0 Å². The number of halogens is 1. The minimum atomic E-state index is -0.207. The van der Waals surface area contributed by atoms with E-state index in [-0.39, 0.29) is 23.6 Å². The number of rotatable bonds is 6. The van der Waals surface area contributed by atoms with Gasteiger partial charge >= 0.3 is 0 Å². The molecule has 0 aliphatic carbocycles. The van der Waals surface area contributed by atoms with Gasteiger partial charge in [-0.15, -0.1) is 0 Å². The minimum absolute atomic E-state index is 0.00599. The zero-order valence-electron chi connectivity index (χ0n) is 18.8. The summed E-state index contributed by atoms with van der Waals surface area (Å²) in [5.41, 5.74) is 2.52. The van der Waals surface area contributed by atoms with E-state index >= 15 is 0 Å². The lowest BCUT2D eigenvalue weighted by molar-refractivity contribution is -0.134. The highest BCUT2D eigenvalue weighted by atomic mass is 19.1. The maximum atomic E-state index is 14.4. The predicted octanol–water partition coefficient (Wildman–Crippen LogP) is 4.33. The van der Waals surface area contributed by atoms with Gasteiger partial charge in [-0.05, 0) is 25.0 Å². The van der Waals surface area contributed by atoms with Crippen molar-refractivity contribution in [3.05, 3.63) is 52.7 Å². The molecule has 0 spiro atoms. The lowest BCUT2D eigenvalue weighted by Gasteiger charge is -2.37. The summed E-state index contributed by atoms with van der Waals surface area (Å²) >= 11 is 0. The second kappa shape index (κ2) is 9.54. The fourth-order valence-electron chi connectivity index (χ4n) is 3.81. The molecule has 2 aromatic rings. The molecule has 1 aromatic heterocycles. The second-order valence-electron chi connectivity index (χ2n) is 8.51. The lowest BCUT2D eigenvalue weighted by atomic mass is 10.0. The maximum Gasteiger partial charge on any atom is 0.225 e. The summed E-state index contributed by atoms with van der Waals surface area (Å²) in [7, 11) is 0. The molecule has 0 N–H and O–H groups in total. The molecule has 1 atom stereocenters. The average Bonchev–Trinajstić information content (AvgIpc) is 2.75. The van der Waals surface area contributed by atoms with Crippen LogP contribution in [-0.4, -0.2) is 47.0 Å². The Morgan fingerprint density at radius 2 is 1.77 bits per heavy atom. The Morgan fingerprint density at radius 1 is 1.10 bits per heavy atom. The normalized spacial score (nSPS) is 15.6. The number of piperazine rings is 1. The van der Waals surface area contributed by atoms with E-state index < -0.39 is 0 Å². The van der Waals surface area contributed by atoms with Gasteiger partial charge in [-0.1, -0.05) is 45.9 Å². The molecule has 1 saturated heterocycles. The van der Waals surface area contributed by atoms with Crippen molar-refractivity contribution in [1.29, 1.82) is 0 Å². The number of nitrogens with zero attached hydrogens (tertiary/aromatic N) is 4. The molecule has 0 unspecified atom stereocenters. The summed E-state index contributed by atoms with van der Waals surface area (Å²) in [6, 6.07) is 6.88. The molecule has 0 bridgehead atoms. The number of carbonyl (C=O) groups excluding carboxylic acids is 1. The van der Waals surface area contributed by atoms with E-state index in [0.29, 0.717) is 25.1 Å². The number of carbonyl (C=O) groups is 1. The minimum Gasteiger partial charge on any atom is -0.353 e. The summed E-state index contributed by atoms with van der Waals surface area (Å²) in [4.78, 5) is 26.2. The molecular weight excluding hydrogens is 379 g/mol. The van der Waals surface area contributed by atoms with Gasteiger partial charge in [0.15, 0.2) is 0 Å². The highest BCUT2D eigenvalue weighted by Crippen LogP contribution is 2.28. The van der Waals surface area contributed by atoms with Crippen LogP contribution in [0.1, 0.15) is 62.7 Å². The van der Waals surface area contributed by atoms with Crippen LogP contribution < -0.4 is 4.90 Å². The monoisotopic (exact) mass is 412 g/mol. The van der Waals surface area contributed by atoms with Gasteiger partial charge in [0.2, 0.25) is 5.91 Å². The molecule has 3 rings (SSSR count). The fourth-order valence-corrected chi connectivity index (χ4v) is 3.81. The van der Waals surface area contributed by atoms with Crippen molar-refractivity contribution in [3.63, 3.8) is 0 Å². The number of amides is 1. The summed E-state index contributed by atoms with van der Waals surface area (Å²) in [6.45, 7) is 12.9. The van der Waals surface area contributed by atoms with Crippen molar-refractivity contribution in [1.82, 2.24) is 14.9 Å². The first-order valence-electron chi connectivity index (χ1n) is 11.0. The van der Waals surface area contributed by atoms with Crippen LogP contribution in [0.25, 0.3) is 0 Å². The first kappa shape index (κ1) is 22.2. The molecule has 30 heavy (non-hydrogen) atoms. The smallest absolute Gasteiger partial charge is 0.225 e. The Kier molecular flexibility index (Phi) is 7.06. The van der Waals surface area contributed by atoms with Crippen molar-refractivity contribution < 1.29 is 9.18 Å². The summed E-state index contributed by atoms with van der Waals surface area (Å²) in [6.07, 6.45) is 1.42. The Balaban J connectivity index is 1.94. The molecule has 1 aliphatic heterocycles. The molecule has 0 radical (unpaired) electrons. The zero-order valence-corrected chi connectivity index (χ0v) is 18.8. The number of aryl methyl sites for hydroxylation is 1. The van der Waals surface area contributed by atoms with E-state index in [9.17, 15) is 9.18 Å². The van der Waals surface area contributed by atoms with Gasteiger partial charge in [-0.3, -0.25) is 4.79 Å². The molecule has 1 aliphatic rings.